The summed E-state index contributed by atoms with van der Waals surface area (Å²) < 4.78 is 35.4. The van der Waals surface area contributed by atoms with E-state index in [0.717, 1.165) is 0 Å². The van der Waals surface area contributed by atoms with E-state index in [1.807, 2.05) is 0 Å². The van der Waals surface area contributed by atoms with E-state index in [0.29, 0.717) is 0 Å². The number of halogens is 3. The minimum absolute atomic E-state index is 0.272. The molecule has 8 heteroatoms. The third-order valence-corrected chi connectivity index (χ3v) is 0.870. The number of nitrogens with zero attached hydrogens (tertiary/aromatic N) is 2. The number of aliphatic carboxylic acids is 1. The Labute approximate surface area is 70.8 Å². The van der Waals surface area contributed by atoms with E-state index >= 15 is 0 Å². The number of rotatable bonds is 3. The van der Waals surface area contributed by atoms with Crippen molar-refractivity contribution in [3.05, 3.63) is 0 Å². The number of carboxylic acid groups (broad SMARTS) is 1. The van der Waals surface area contributed by atoms with Crippen LogP contribution in [0.2, 0.25) is 0 Å². The predicted octanol–water partition coefficient (Wildman–Crippen LogP) is 0.0188. The maximum Gasteiger partial charge on any atom is 0.436 e. The minimum atomic E-state index is -4.71. The molecule has 0 amide bonds. The van der Waals surface area contributed by atoms with Gasteiger partial charge in [-0.3, -0.25) is 9.79 Å². The molecule has 0 aromatic heterocycles. The maximum atomic E-state index is 11.8. The summed E-state index contributed by atoms with van der Waals surface area (Å²) >= 11 is 0. The van der Waals surface area contributed by atoms with Crippen LogP contribution in [0.5, 0.6) is 0 Å². The molecular formula is C5H6F3N3O2. The van der Waals surface area contributed by atoms with E-state index < -0.39 is 24.4 Å². The molecule has 0 spiro atoms. The van der Waals surface area contributed by atoms with E-state index in [2.05, 4.69) is 15.9 Å². The summed E-state index contributed by atoms with van der Waals surface area (Å²) in [5.74, 6) is 3.07. The van der Waals surface area contributed by atoms with Crippen LogP contribution in [0.15, 0.2) is 10.1 Å². The highest BCUT2D eigenvalue weighted by molar-refractivity contribution is 6.33. The van der Waals surface area contributed by atoms with E-state index in [9.17, 15) is 18.0 Å². The Bertz CT molecular complexity index is 246. The average Bonchev–Trinajstić information content (AvgIpc) is 1.95. The van der Waals surface area contributed by atoms with Gasteiger partial charge in [0.15, 0.2) is 5.71 Å². The number of carbonyl (C=O) groups is 1. The number of hydrazone groups is 1. The lowest BCUT2D eigenvalue weighted by molar-refractivity contribution is -0.135. The van der Waals surface area contributed by atoms with Gasteiger partial charge < -0.3 is 10.9 Å². The Morgan fingerprint density at radius 3 is 2.38 bits per heavy atom. The summed E-state index contributed by atoms with van der Waals surface area (Å²) in [7, 11) is 0. The van der Waals surface area contributed by atoms with Gasteiger partial charge in [-0.25, -0.2) is 0 Å². The first kappa shape index (κ1) is 11.4. The maximum absolute atomic E-state index is 11.8. The Morgan fingerprint density at radius 1 is 1.54 bits per heavy atom. The smallest absolute Gasteiger partial charge is 0.436 e. The molecule has 0 aliphatic heterocycles. The van der Waals surface area contributed by atoms with E-state index in [-0.39, 0.29) is 6.21 Å². The molecule has 5 nitrogen and oxygen atoms in total. The zero-order valence-corrected chi connectivity index (χ0v) is 6.25. The van der Waals surface area contributed by atoms with Crippen LogP contribution in [-0.4, -0.2) is 35.7 Å². The summed E-state index contributed by atoms with van der Waals surface area (Å²) in [4.78, 5) is 12.8. The van der Waals surface area contributed by atoms with Crippen molar-refractivity contribution in [2.75, 3.05) is 6.54 Å². The van der Waals surface area contributed by atoms with Gasteiger partial charge in [-0.2, -0.15) is 18.3 Å². The van der Waals surface area contributed by atoms with Crippen molar-refractivity contribution in [2.45, 2.75) is 6.18 Å². The Kier molecular flexibility index (Phi) is 3.89. The highest BCUT2D eigenvalue weighted by Gasteiger charge is 2.34. The lowest BCUT2D eigenvalue weighted by atomic mass is 10.4. The third kappa shape index (κ3) is 4.77. The molecule has 0 aliphatic rings. The number of carboxylic acids is 1. The molecule has 13 heavy (non-hydrogen) atoms. The first-order valence-corrected chi connectivity index (χ1v) is 2.94. The molecule has 0 radical (unpaired) electrons. The second kappa shape index (κ2) is 4.43. The van der Waals surface area contributed by atoms with Crippen LogP contribution in [0.1, 0.15) is 0 Å². The van der Waals surface area contributed by atoms with Crippen LogP contribution < -0.4 is 5.84 Å². The molecule has 0 rings (SSSR count). The van der Waals surface area contributed by atoms with Gasteiger partial charge in [-0.05, 0) is 0 Å². The van der Waals surface area contributed by atoms with Crippen molar-refractivity contribution in [2.24, 2.45) is 15.9 Å². The van der Waals surface area contributed by atoms with Gasteiger partial charge in [0.2, 0.25) is 0 Å². The summed E-state index contributed by atoms with van der Waals surface area (Å²) in [6.45, 7) is -0.755. The van der Waals surface area contributed by atoms with Crippen LogP contribution in [0, 0.1) is 0 Å². The molecule has 0 saturated carbocycles. The van der Waals surface area contributed by atoms with Crippen LogP contribution in [-0.2, 0) is 4.79 Å². The number of hydrogen-bond donors (Lipinski definition) is 2. The van der Waals surface area contributed by atoms with Gasteiger partial charge in [-0.15, -0.1) is 0 Å². The third-order valence-electron chi connectivity index (χ3n) is 0.870. The molecular weight excluding hydrogens is 191 g/mol. The van der Waals surface area contributed by atoms with Crippen molar-refractivity contribution in [3.63, 3.8) is 0 Å². The van der Waals surface area contributed by atoms with Gasteiger partial charge in [0.25, 0.3) is 0 Å². The predicted molar refractivity (Wildman–Crippen MR) is 38.7 cm³/mol. The quantitative estimate of drug-likeness (QED) is 0.379. The lowest BCUT2D eigenvalue weighted by Gasteiger charge is -2.02. The number of aliphatic imine (C=N–C) groups is 1. The van der Waals surface area contributed by atoms with Crippen molar-refractivity contribution in [1.82, 2.24) is 0 Å². The average molecular weight is 197 g/mol. The molecule has 74 valence electrons. The van der Waals surface area contributed by atoms with Crippen molar-refractivity contribution < 1.29 is 23.1 Å². The van der Waals surface area contributed by atoms with Gasteiger partial charge >= 0.3 is 12.1 Å². The molecule has 0 heterocycles. The Hall–Kier alpha value is -1.60. The first-order valence-electron chi connectivity index (χ1n) is 2.94. The van der Waals surface area contributed by atoms with Crippen molar-refractivity contribution in [3.8, 4) is 0 Å². The summed E-state index contributed by atoms with van der Waals surface area (Å²) in [6, 6.07) is 0. The van der Waals surface area contributed by atoms with Crippen LogP contribution in [0.25, 0.3) is 0 Å². The van der Waals surface area contributed by atoms with Crippen molar-refractivity contribution >= 4 is 17.9 Å². The number of alkyl halides is 3. The fourth-order valence-corrected chi connectivity index (χ4v) is 0.390. The van der Waals surface area contributed by atoms with E-state index in [4.69, 9.17) is 5.11 Å². The SMILES string of the molecule is NN=C(C=NCC(=O)O)C(F)(F)F. The Morgan fingerprint density at radius 2 is 2.08 bits per heavy atom. The van der Waals surface area contributed by atoms with Crippen molar-refractivity contribution in [1.29, 1.82) is 0 Å². The largest absolute Gasteiger partial charge is 0.480 e. The monoisotopic (exact) mass is 197 g/mol. The van der Waals surface area contributed by atoms with Gasteiger partial charge in [-0.1, -0.05) is 0 Å². The fourth-order valence-electron chi connectivity index (χ4n) is 0.390. The highest BCUT2D eigenvalue weighted by Crippen LogP contribution is 2.15. The second-order valence-electron chi connectivity index (χ2n) is 1.88. The number of hydrogen-bond acceptors (Lipinski definition) is 4. The summed E-state index contributed by atoms with van der Waals surface area (Å²) in [6.07, 6.45) is -4.44. The molecule has 0 aliphatic carbocycles. The zero-order valence-electron chi connectivity index (χ0n) is 6.25. The lowest BCUT2D eigenvalue weighted by Crippen LogP contribution is -2.26. The zero-order chi connectivity index (χ0) is 10.5. The topological polar surface area (TPSA) is 88.0 Å². The molecule has 0 aromatic carbocycles. The molecule has 0 atom stereocenters. The summed E-state index contributed by atoms with van der Waals surface area (Å²) in [5, 5.41) is 10.4. The Balaban J connectivity index is 4.32. The van der Waals surface area contributed by atoms with E-state index in [1.165, 1.54) is 0 Å². The van der Waals surface area contributed by atoms with Crippen LogP contribution in [0.4, 0.5) is 13.2 Å². The summed E-state index contributed by atoms with van der Waals surface area (Å²) in [5.41, 5.74) is -1.42. The van der Waals surface area contributed by atoms with Crippen LogP contribution in [0.3, 0.4) is 0 Å². The van der Waals surface area contributed by atoms with Gasteiger partial charge in [0.05, 0.1) is 6.21 Å². The number of nitrogens with two attached hydrogens (primary N) is 1. The van der Waals surface area contributed by atoms with E-state index in [1.54, 1.807) is 0 Å². The van der Waals surface area contributed by atoms with Gasteiger partial charge in [0, 0.05) is 0 Å². The standard InChI is InChI=1S/C5H6F3N3O2/c6-5(7,8)3(11-9)1-10-2-4(12)13/h1H,2,9H2,(H,12,13). The minimum Gasteiger partial charge on any atom is -0.480 e. The first-order chi connectivity index (χ1) is 5.88. The molecule has 0 bridgehead atoms. The second-order valence-corrected chi connectivity index (χ2v) is 1.88. The fraction of sp³-hybridized carbons (Fsp3) is 0.400. The highest BCUT2D eigenvalue weighted by atomic mass is 19.4. The molecule has 0 unspecified atom stereocenters. The molecule has 0 aromatic rings. The molecule has 3 N–H and O–H groups in total. The molecule has 0 fully saturated rings. The van der Waals surface area contributed by atoms with Gasteiger partial charge in [0.1, 0.15) is 6.54 Å². The normalized spacial score (nSPS) is 13.6. The molecule has 0 saturated heterocycles. The van der Waals surface area contributed by atoms with Crippen LogP contribution >= 0.6 is 0 Å².